The van der Waals surface area contributed by atoms with Crippen LogP contribution in [-0.4, -0.2) is 51.8 Å². The Hall–Kier alpha value is -3.04. The fourth-order valence-corrected chi connectivity index (χ4v) is 6.18. The zero-order valence-corrected chi connectivity index (χ0v) is 18.6. The lowest BCUT2D eigenvalue weighted by atomic mass is 10.0. The molecule has 32 heavy (non-hydrogen) atoms. The number of benzene rings is 2. The number of hydrogen-bond donors (Lipinski definition) is 0. The lowest BCUT2D eigenvalue weighted by molar-refractivity contribution is 0.0649. The van der Waals surface area contributed by atoms with Crippen molar-refractivity contribution in [3.63, 3.8) is 0 Å². The summed E-state index contributed by atoms with van der Waals surface area (Å²) in [7, 11) is 0.0860. The Morgan fingerprint density at radius 1 is 1.06 bits per heavy atom. The van der Waals surface area contributed by atoms with Gasteiger partial charge in [-0.25, -0.2) is 13.2 Å². The standard InChI is InChI=1S/C23H23NO7S/c1-28-16-4-6-20(29-2)17(10-16)18-9-14-3-5-21-19(22(14)31-23(18)25)11-24(13-30-21)15-7-8-32(26,27)12-15/h3-6,9-10,15H,7-8,11-13H2,1-2H3/t15-/m0/s1. The zero-order chi connectivity index (χ0) is 22.5. The van der Waals surface area contributed by atoms with Gasteiger partial charge in [-0.15, -0.1) is 0 Å². The second-order valence-corrected chi connectivity index (χ2v) is 10.3. The molecule has 5 rings (SSSR count). The molecule has 2 aliphatic heterocycles. The van der Waals surface area contributed by atoms with Crippen molar-refractivity contribution in [3.8, 4) is 28.4 Å². The van der Waals surface area contributed by atoms with Crippen molar-refractivity contribution in [2.24, 2.45) is 0 Å². The van der Waals surface area contributed by atoms with E-state index in [2.05, 4.69) is 0 Å². The van der Waals surface area contributed by atoms with Gasteiger partial charge >= 0.3 is 5.63 Å². The van der Waals surface area contributed by atoms with E-state index in [1.807, 2.05) is 17.0 Å². The van der Waals surface area contributed by atoms with Crippen molar-refractivity contribution in [3.05, 3.63) is 52.4 Å². The molecule has 1 aromatic heterocycles. The maximum Gasteiger partial charge on any atom is 0.344 e. The highest BCUT2D eigenvalue weighted by Gasteiger charge is 2.35. The molecule has 3 aromatic rings. The fraction of sp³-hybridized carbons (Fsp3) is 0.348. The van der Waals surface area contributed by atoms with Crippen LogP contribution in [0.15, 0.2) is 45.6 Å². The Morgan fingerprint density at radius 2 is 1.91 bits per heavy atom. The van der Waals surface area contributed by atoms with Crippen molar-refractivity contribution in [1.29, 1.82) is 0 Å². The SMILES string of the molecule is COc1ccc(OC)c(-c2cc3ccc4c(c3oc2=O)CN([C@H]2CCS(=O)(=O)C2)CO4)c1. The number of sulfone groups is 1. The maximum atomic E-state index is 13.0. The number of methoxy groups -OCH3 is 2. The van der Waals surface area contributed by atoms with E-state index >= 15 is 0 Å². The Morgan fingerprint density at radius 3 is 2.62 bits per heavy atom. The summed E-state index contributed by atoms with van der Waals surface area (Å²) in [5.74, 6) is 2.09. The third-order valence-electron chi connectivity index (χ3n) is 6.13. The third kappa shape index (κ3) is 3.61. The van der Waals surface area contributed by atoms with E-state index in [1.54, 1.807) is 38.5 Å². The highest BCUT2D eigenvalue weighted by Crippen LogP contribution is 2.37. The molecule has 168 valence electrons. The molecule has 0 saturated carbocycles. The molecule has 8 nitrogen and oxygen atoms in total. The minimum Gasteiger partial charge on any atom is -0.497 e. The van der Waals surface area contributed by atoms with Gasteiger partial charge in [0.15, 0.2) is 9.84 Å². The van der Waals surface area contributed by atoms with Crippen LogP contribution < -0.4 is 19.8 Å². The van der Waals surface area contributed by atoms with Gasteiger partial charge in [-0.05, 0) is 42.8 Å². The van der Waals surface area contributed by atoms with E-state index in [0.29, 0.717) is 53.7 Å². The quantitative estimate of drug-likeness (QED) is 0.552. The van der Waals surface area contributed by atoms with Gasteiger partial charge in [0.05, 0.1) is 36.9 Å². The molecule has 0 aliphatic carbocycles. The van der Waals surface area contributed by atoms with Gasteiger partial charge in [-0.3, -0.25) is 4.90 Å². The topological polar surface area (TPSA) is 95.3 Å². The summed E-state index contributed by atoms with van der Waals surface area (Å²) in [4.78, 5) is 15.0. The molecule has 0 spiro atoms. The van der Waals surface area contributed by atoms with Crippen molar-refractivity contribution >= 4 is 20.8 Å². The monoisotopic (exact) mass is 457 g/mol. The van der Waals surface area contributed by atoms with Crippen LogP contribution in [0.3, 0.4) is 0 Å². The van der Waals surface area contributed by atoms with Crippen molar-refractivity contribution in [2.45, 2.75) is 19.0 Å². The van der Waals surface area contributed by atoms with E-state index in [-0.39, 0.29) is 17.5 Å². The summed E-state index contributed by atoms with van der Waals surface area (Å²) in [5.41, 5.74) is 1.64. The fourth-order valence-electron chi connectivity index (χ4n) is 4.42. The molecular formula is C23H23NO7S. The third-order valence-corrected chi connectivity index (χ3v) is 7.88. The maximum absolute atomic E-state index is 13.0. The Labute approximate surface area is 185 Å². The van der Waals surface area contributed by atoms with Gasteiger partial charge in [0.1, 0.15) is 29.6 Å². The predicted octanol–water partition coefficient (Wildman–Crippen LogP) is 2.82. The summed E-state index contributed by atoms with van der Waals surface area (Å²) < 4.78 is 46.2. The largest absolute Gasteiger partial charge is 0.497 e. The van der Waals surface area contributed by atoms with Crippen LogP contribution in [0.4, 0.5) is 0 Å². The Balaban J connectivity index is 1.57. The molecule has 1 atom stereocenters. The molecule has 0 bridgehead atoms. The molecule has 3 heterocycles. The molecule has 1 saturated heterocycles. The van der Waals surface area contributed by atoms with E-state index < -0.39 is 15.5 Å². The average Bonchev–Trinajstić information content (AvgIpc) is 3.17. The first-order valence-corrected chi connectivity index (χ1v) is 12.1. The highest BCUT2D eigenvalue weighted by atomic mass is 32.2. The second kappa shape index (κ2) is 7.83. The first kappa shape index (κ1) is 20.8. The van der Waals surface area contributed by atoms with Gasteiger partial charge in [0.2, 0.25) is 0 Å². The first-order valence-electron chi connectivity index (χ1n) is 10.3. The lowest BCUT2D eigenvalue weighted by Crippen LogP contribution is -2.41. The molecule has 0 unspecified atom stereocenters. The summed E-state index contributed by atoms with van der Waals surface area (Å²) in [5, 5.41) is 0.743. The zero-order valence-electron chi connectivity index (χ0n) is 17.8. The number of nitrogens with zero attached hydrogens (tertiary/aromatic N) is 1. The van der Waals surface area contributed by atoms with Gasteiger partial charge in [-0.1, -0.05) is 0 Å². The van der Waals surface area contributed by atoms with E-state index in [0.717, 1.165) is 10.9 Å². The van der Waals surface area contributed by atoms with Gasteiger partial charge in [-0.2, -0.15) is 0 Å². The van der Waals surface area contributed by atoms with Crippen LogP contribution >= 0.6 is 0 Å². The average molecular weight is 458 g/mol. The molecule has 0 N–H and O–H groups in total. The van der Waals surface area contributed by atoms with Crippen LogP contribution in [0, 0.1) is 0 Å². The van der Waals surface area contributed by atoms with Crippen LogP contribution in [0.1, 0.15) is 12.0 Å². The van der Waals surface area contributed by atoms with E-state index in [1.165, 1.54) is 0 Å². The lowest BCUT2D eigenvalue weighted by Gasteiger charge is -2.33. The van der Waals surface area contributed by atoms with Crippen molar-refractivity contribution < 1.29 is 27.0 Å². The van der Waals surface area contributed by atoms with Crippen LogP contribution in [0.5, 0.6) is 17.2 Å². The smallest absolute Gasteiger partial charge is 0.344 e. The predicted molar refractivity (Wildman–Crippen MR) is 119 cm³/mol. The van der Waals surface area contributed by atoms with Crippen LogP contribution in [0.2, 0.25) is 0 Å². The van der Waals surface area contributed by atoms with Crippen LogP contribution in [-0.2, 0) is 16.4 Å². The molecule has 0 radical (unpaired) electrons. The summed E-state index contributed by atoms with van der Waals surface area (Å²) in [6, 6.07) is 10.6. The molecule has 9 heteroatoms. The first-order chi connectivity index (χ1) is 15.4. The van der Waals surface area contributed by atoms with E-state index in [9.17, 15) is 13.2 Å². The number of rotatable bonds is 4. The van der Waals surface area contributed by atoms with Crippen molar-refractivity contribution in [2.75, 3.05) is 32.5 Å². The number of fused-ring (bicyclic) bond motifs is 3. The summed E-state index contributed by atoms with van der Waals surface area (Å²) in [6.07, 6.45) is 0.579. The van der Waals surface area contributed by atoms with Crippen LogP contribution in [0.25, 0.3) is 22.1 Å². The molecule has 2 aromatic carbocycles. The van der Waals surface area contributed by atoms with Gasteiger partial charge in [0, 0.05) is 23.5 Å². The highest BCUT2D eigenvalue weighted by molar-refractivity contribution is 7.91. The minimum absolute atomic E-state index is 0.101. The Bertz CT molecular complexity index is 1360. The summed E-state index contributed by atoms with van der Waals surface area (Å²) in [6.45, 7) is 0.764. The van der Waals surface area contributed by atoms with E-state index in [4.69, 9.17) is 18.6 Å². The molecule has 2 aliphatic rings. The second-order valence-electron chi connectivity index (χ2n) is 8.05. The molecule has 1 fully saturated rings. The molecule has 0 amide bonds. The normalized spacial score (nSPS) is 20.0. The van der Waals surface area contributed by atoms with Gasteiger partial charge < -0.3 is 18.6 Å². The van der Waals surface area contributed by atoms with Gasteiger partial charge in [0.25, 0.3) is 0 Å². The van der Waals surface area contributed by atoms with Crippen molar-refractivity contribution in [1.82, 2.24) is 4.90 Å². The number of hydrogen-bond acceptors (Lipinski definition) is 8. The Kier molecular flexibility index (Phi) is 5.10. The number of ether oxygens (including phenoxy) is 3. The summed E-state index contributed by atoms with van der Waals surface area (Å²) >= 11 is 0. The minimum atomic E-state index is -3.01. The molecular weight excluding hydrogens is 434 g/mol.